The highest BCUT2D eigenvalue weighted by atomic mass is 79.9. The molecule has 0 aliphatic carbocycles. The minimum absolute atomic E-state index is 0.288. The molecule has 0 atom stereocenters. The Bertz CT molecular complexity index is 357. The number of halogens is 2. The van der Waals surface area contributed by atoms with Crippen molar-refractivity contribution in [2.45, 2.75) is 0 Å². The Morgan fingerprint density at radius 3 is 2.71 bits per heavy atom. The van der Waals surface area contributed by atoms with Crippen molar-refractivity contribution in [3.63, 3.8) is 0 Å². The lowest BCUT2D eigenvalue weighted by Crippen LogP contribution is -2.25. The van der Waals surface area contributed by atoms with Crippen LogP contribution in [0.4, 0.5) is 4.39 Å². The molecule has 0 radical (unpaired) electrons. The maximum atomic E-state index is 12.8. The van der Waals surface area contributed by atoms with Gasteiger partial charge in [0.15, 0.2) is 0 Å². The molecule has 0 N–H and O–H groups in total. The highest BCUT2D eigenvalue weighted by molar-refractivity contribution is 9.10. The summed E-state index contributed by atoms with van der Waals surface area (Å²) in [7, 11) is 3.52. The van der Waals surface area contributed by atoms with Crippen LogP contribution >= 0.6 is 28.1 Å². The molecule has 0 bridgehead atoms. The van der Waals surface area contributed by atoms with Crippen molar-refractivity contribution >= 4 is 33.3 Å². The second-order valence-corrected chi connectivity index (χ2v) is 4.04. The van der Waals surface area contributed by atoms with Gasteiger partial charge in [0.2, 0.25) is 0 Å². The molecule has 0 aliphatic heterocycles. The number of hydrogen-bond donors (Lipinski definition) is 0. The number of ether oxygens (including phenoxy) is 1. The summed E-state index contributed by atoms with van der Waals surface area (Å²) < 4.78 is 18.8. The Balaban J connectivity index is 2.86. The summed E-state index contributed by atoms with van der Waals surface area (Å²) >= 11 is 8.16. The molecule has 1 aromatic carbocycles. The summed E-state index contributed by atoms with van der Waals surface area (Å²) in [4.78, 5) is 1.63. The van der Waals surface area contributed by atoms with Gasteiger partial charge in [-0.1, -0.05) is 0 Å². The van der Waals surface area contributed by atoms with Crippen LogP contribution in [0.1, 0.15) is 0 Å². The van der Waals surface area contributed by atoms with Crippen molar-refractivity contribution in [1.82, 2.24) is 4.90 Å². The first-order valence-corrected chi connectivity index (χ1v) is 5.05. The van der Waals surface area contributed by atoms with E-state index >= 15 is 0 Å². The molecule has 0 saturated carbocycles. The van der Waals surface area contributed by atoms with Crippen molar-refractivity contribution in [2.75, 3.05) is 14.1 Å². The molecule has 14 heavy (non-hydrogen) atoms. The van der Waals surface area contributed by atoms with Gasteiger partial charge >= 0.3 is 0 Å². The molecule has 76 valence electrons. The molecule has 0 aromatic heterocycles. The second kappa shape index (κ2) is 4.70. The third-order valence-corrected chi connectivity index (χ3v) is 2.56. The average molecular weight is 278 g/mol. The van der Waals surface area contributed by atoms with Gasteiger partial charge in [0.25, 0.3) is 5.17 Å². The lowest BCUT2D eigenvalue weighted by atomic mass is 10.3. The number of rotatable bonds is 1. The normalized spacial score (nSPS) is 9.71. The van der Waals surface area contributed by atoms with E-state index in [9.17, 15) is 4.39 Å². The van der Waals surface area contributed by atoms with Gasteiger partial charge in [-0.25, -0.2) is 4.39 Å². The van der Waals surface area contributed by atoms with E-state index in [1.807, 2.05) is 0 Å². The standard InChI is InChI=1S/C9H9BrFNOS/c1-12(2)9(14)13-8-5-6(11)3-4-7(8)10/h3-5H,1-2H3. The van der Waals surface area contributed by atoms with Crippen LogP contribution in [0.15, 0.2) is 22.7 Å². The molecule has 2 nitrogen and oxygen atoms in total. The number of benzene rings is 1. The Labute approximate surface area is 95.8 Å². The Hall–Kier alpha value is -0.680. The van der Waals surface area contributed by atoms with E-state index in [1.165, 1.54) is 12.1 Å². The van der Waals surface area contributed by atoms with Crippen LogP contribution in [0.2, 0.25) is 0 Å². The summed E-state index contributed by atoms with van der Waals surface area (Å²) in [6, 6.07) is 4.19. The van der Waals surface area contributed by atoms with E-state index in [4.69, 9.17) is 17.0 Å². The first-order valence-electron chi connectivity index (χ1n) is 3.85. The third kappa shape index (κ3) is 2.92. The van der Waals surface area contributed by atoms with Crippen molar-refractivity contribution in [2.24, 2.45) is 0 Å². The Morgan fingerprint density at radius 2 is 2.14 bits per heavy atom. The fourth-order valence-electron chi connectivity index (χ4n) is 0.741. The summed E-state index contributed by atoms with van der Waals surface area (Å²) in [6.07, 6.45) is 0. The van der Waals surface area contributed by atoms with Crippen LogP contribution in [0.5, 0.6) is 5.75 Å². The first-order chi connectivity index (χ1) is 6.50. The SMILES string of the molecule is CN(C)C(=S)Oc1cc(F)ccc1Br. The molecular formula is C9H9BrFNOS. The molecule has 0 spiro atoms. The van der Waals surface area contributed by atoms with Crippen LogP contribution in [-0.4, -0.2) is 24.2 Å². The minimum atomic E-state index is -0.357. The zero-order chi connectivity index (χ0) is 10.7. The molecule has 0 amide bonds. The van der Waals surface area contributed by atoms with Gasteiger partial charge in [-0.2, -0.15) is 0 Å². The maximum Gasteiger partial charge on any atom is 0.264 e. The van der Waals surface area contributed by atoms with E-state index < -0.39 is 0 Å². The average Bonchev–Trinajstić information content (AvgIpc) is 2.11. The largest absolute Gasteiger partial charge is 0.430 e. The van der Waals surface area contributed by atoms with Gasteiger partial charge in [-0.15, -0.1) is 0 Å². The summed E-state index contributed by atoms with van der Waals surface area (Å²) in [5, 5.41) is 0.288. The molecule has 0 aliphatic rings. The van der Waals surface area contributed by atoms with E-state index in [0.717, 1.165) is 0 Å². The molecule has 1 rings (SSSR count). The molecule has 5 heteroatoms. The van der Waals surface area contributed by atoms with E-state index in [-0.39, 0.29) is 11.0 Å². The molecule has 0 fully saturated rings. The summed E-state index contributed by atoms with van der Waals surface area (Å²) in [5.41, 5.74) is 0. The smallest absolute Gasteiger partial charge is 0.264 e. The van der Waals surface area contributed by atoms with Crippen LogP contribution in [0.25, 0.3) is 0 Å². The fraction of sp³-hybridized carbons (Fsp3) is 0.222. The number of thiocarbonyl (C=S) groups is 1. The fourth-order valence-corrected chi connectivity index (χ4v) is 1.16. The summed E-state index contributed by atoms with van der Waals surface area (Å²) in [5.74, 6) is 0.0217. The quantitative estimate of drug-likeness (QED) is 0.733. The monoisotopic (exact) mass is 277 g/mol. The van der Waals surface area contributed by atoms with Gasteiger partial charge in [-0.05, 0) is 40.3 Å². The van der Waals surface area contributed by atoms with Gasteiger partial charge in [0, 0.05) is 20.2 Å². The highest BCUT2D eigenvalue weighted by Crippen LogP contribution is 2.25. The van der Waals surface area contributed by atoms with Gasteiger partial charge in [-0.3, -0.25) is 0 Å². The zero-order valence-corrected chi connectivity index (χ0v) is 10.2. The zero-order valence-electron chi connectivity index (χ0n) is 7.75. The van der Waals surface area contributed by atoms with Crippen LogP contribution in [0.3, 0.4) is 0 Å². The summed E-state index contributed by atoms with van der Waals surface area (Å²) in [6.45, 7) is 0. The maximum absolute atomic E-state index is 12.8. The van der Waals surface area contributed by atoms with Gasteiger partial charge in [0.1, 0.15) is 11.6 Å². The predicted octanol–water partition coefficient (Wildman–Crippen LogP) is 2.81. The first kappa shape index (κ1) is 11.4. The van der Waals surface area contributed by atoms with Gasteiger partial charge in [0.05, 0.1) is 4.47 Å². The number of nitrogens with zero attached hydrogens (tertiary/aromatic N) is 1. The van der Waals surface area contributed by atoms with Crippen LogP contribution in [-0.2, 0) is 0 Å². The van der Waals surface area contributed by atoms with Gasteiger partial charge < -0.3 is 9.64 Å². The molecule has 1 aromatic rings. The third-order valence-electron chi connectivity index (χ3n) is 1.46. The van der Waals surface area contributed by atoms with E-state index in [2.05, 4.69) is 15.9 Å². The van der Waals surface area contributed by atoms with E-state index in [1.54, 1.807) is 25.1 Å². The topological polar surface area (TPSA) is 12.5 Å². The van der Waals surface area contributed by atoms with E-state index in [0.29, 0.717) is 10.2 Å². The van der Waals surface area contributed by atoms with Crippen LogP contribution < -0.4 is 4.74 Å². The molecular weight excluding hydrogens is 269 g/mol. The minimum Gasteiger partial charge on any atom is -0.430 e. The molecule has 0 unspecified atom stereocenters. The molecule has 0 saturated heterocycles. The lowest BCUT2D eigenvalue weighted by Gasteiger charge is -2.14. The highest BCUT2D eigenvalue weighted by Gasteiger charge is 2.07. The van der Waals surface area contributed by atoms with Crippen molar-refractivity contribution < 1.29 is 9.13 Å². The number of hydrogen-bond acceptors (Lipinski definition) is 2. The van der Waals surface area contributed by atoms with Crippen molar-refractivity contribution in [1.29, 1.82) is 0 Å². The predicted molar refractivity (Wildman–Crippen MR) is 61.0 cm³/mol. The Kier molecular flexibility index (Phi) is 3.83. The van der Waals surface area contributed by atoms with Crippen molar-refractivity contribution in [3.05, 3.63) is 28.5 Å². The molecule has 0 heterocycles. The lowest BCUT2D eigenvalue weighted by molar-refractivity contribution is 0.444. The van der Waals surface area contributed by atoms with Crippen LogP contribution in [0, 0.1) is 5.82 Å². The van der Waals surface area contributed by atoms with Crippen molar-refractivity contribution in [3.8, 4) is 5.75 Å². The Morgan fingerprint density at radius 1 is 1.50 bits per heavy atom. The second-order valence-electron chi connectivity index (χ2n) is 2.84.